The van der Waals surface area contributed by atoms with Crippen molar-refractivity contribution in [3.8, 4) is 11.6 Å². The first-order valence-corrected chi connectivity index (χ1v) is 6.59. The minimum atomic E-state index is -0.652. The van der Waals surface area contributed by atoms with E-state index in [1.165, 1.54) is 0 Å². The van der Waals surface area contributed by atoms with Crippen molar-refractivity contribution in [2.75, 3.05) is 0 Å². The third-order valence-electron chi connectivity index (χ3n) is 3.01. The summed E-state index contributed by atoms with van der Waals surface area (Å²) in [6, 6.07) is 5.31. The summed E-state index contributed by atoms with van der Waals surface area (Å²) in [4.78, 5) is 25.7. The quantitative estimate of drug-likeness (QED) is 0.885. The largest absolute Gasteiger partial charge is 0.494 e. The topological polar surface area (TPSA) is 75.1 Å². The van der Waals surface area contributed by atoms with Gasteiger partial charge in [0, 0.05) is 4.47 Å². The zero-order valence-corrected chi connectivity index (χ0v) is 12.1. The van der Waals surface area contributed by atoms with Crippen molar-refractivity contribution < 1.29 is 5.11 Å². The summed E-state index contributed by atoms with van der Waals surface area (Å²) in [6.45, 7) is 3.56. The molecule has 100 valence electrons. The standard InChI is InChI=1S/C13H13BrN2O3/c1-3-8-11(17)15-13(19)16(12(8)18)10-6-4-5-9(14)7(10)2/h4-6,18H,3H2,1-2H3,(H,15,17,19). The van der Waals surface area contributed by atoms with Crippen LogP contribution in [0.25, 0.3) is 5.69 Å². The van der Waals surface area contributed by atoms with E-state index in [1.807, 2.05) is 13.0 Å². The van der Waals surface area contributed by atoms with Gasteiger partial charge in [0.2, 0.25) is 5.88 Å². The van der Waals surface area contributed by atoms with E-state index in [4.69, 9.17) is 0 Å². The fourth-order valence-corrected chi connectivity index (χ4v) is 2.30. The zero-order chi connectivity index (χ0) is 14.2. The van der Waals surface area contributed by atoms with Crippen molar-refractivity contribution in [3.63, 3.8) is 0 Å². The summed E-state index contributed by atoms with van der Waals surface area (Å²) in [5.74, 6) is -0.308. The molecule has 0 atom stereocenters. The van der Waals surface area contributed by atoms with Crippen LogP contribution in [0.5, 0.6) is 5.88 Å². The van der Waals surface area contributed by atoms with Crippen LogP contribution in [0.3, 0.4) is 0 Å². The molecule has 0 aliphatic heterocycles. The predicted octanol–water partition coefficient (Wildman–Crippen LogP) is 1.86. The molecule has 1 heterocycles. The Morgan fingerprint density at radius 3 is 2.68 bits per heavy atom. The van der Waals surface area contributed by atoms with Crippen LogP contribution in [0.1, 0.15) is 18.1 Å². The van der Waals surface area contributed by atoms with Gasteiger partial charge in [-0.3, -0.25) is 9.78 Å². The Hall–Kier alpha value is -1.82. The van der Waals surface area contributed by atoms with Crippen LogP contribution in [-0.2, 0) is 6.42 Å². The fourth-order valence-electron chi connectivity index (χ4n) is 1.94. The van der Waals surface area contributed by atoms with Gasteiger partial charge < -0.3 is 5.11 Å². The maximum Gasteiger partial charge on any atom is 0.335 e. The number of hydrogen-bond donors (Lipinski definition) is 2. The predicted molar refractivity (Wildman–Crippen MR) is 76.1 cm³/mol. The molecule has 0 saturated heterocycles. The van der Waals surface area contributed by atoms with Crippen LogP contribution in [-0.4, -0.2) is 14.7 Å². The fraction of sp³-hybridized carbons (Fsp3) is 0.231. The third-order valence-corrected chi connectivity index (χ3v) is 3.87. The Balaban J connectivity index is 2.87. The highest BCUT2D eigenvalue weighted by Crippen LogP contribution is 2.25. The van der Waals surface area contributed by atoms with Crippen molar-refractivity contribution in [2.45, 2.75) is 20.3 Å². The van der Waals surface area contributed by atoms with Gasteiger partial charge in [0.05, 0.1) is 11.3 Å². The molecule has 6 heteroatoms. The summed E-state index contributed by atoms with van der Waals surface area (Å²) in [5, 5.41) is 10.1. The molecule has 2 N–H and O–H groups in total. The summed E-state index contributed by atoms with van der Waals surface area (Å²) < 4.78 is 1.93. The molecule has 19 heavy (non-hydrogen) atoms. The maximum absolute atomic E-state index is 11.9. The molecule has 0 radical (unpaired) electrons. The molecule has 2 rings (SSSR count). The molecule has 0 aliphatic rings. The Morgan fingerprint density at radius 2 is 2.05 bits per heavy atom. The first kappa shape index (κ1) is 13.6. The first-order valence-electron chi connectivity index (χ1n) is 5.80. The van der Waals surface area contributed by atoms with Crippen molar-refractivity contribution in [2.24, 2.45) is 0 Å². The number of halogens is 1. The molecule has 0 fully saturated rings. The highest BCUT2D eigenvalue weighted by molar-refractivity contribution is 9.10. The number of aromatic hydroxyl groups is 1. The highest BCUT2D eigenvalue weighted by atomic mass is 79.9. The number of nitrogens with zero attached hydrogens (tertiary/aromatic N) is 1. The second-order valence-electron chi connectivity index (χ2n) is 4.13. The van der Waals surface area contributed by atoms with Crippen molar-refractivity contribution in [1.82, 2.24) is 9.55 Å². The first-order chi connectivity index (χ1) is 8.97. The lowest BCUT2D eigenvalue weighted by atomic mass is 10.2. The Bertz CT molecular complexity index is 747. The van der Waals surface area contributed by atoms with Crippen LogP contribution in [0.2, 0.25) is 0 Å². The number of aromatic amines is 1. The van der Waals surface area contributed by atoms with Gasteiger partial charge in [0.25, 0.3) is 5.56 Å². The highest BCUT2D eigenvalue weighted by Gasteiger charge is 2.15. The average molecular weight is 325 g/mol. The van der Waals surface area contributed by atoms with Crippen LogP contribution in [0, 0.1) is 6.92 Å². The van der Waals surface area contributed by atoms with Gasteiger partial charge in [-0.2, -0.15) is 0 Å². The molecule has 2 aromatic rings. The van der Waals surface area contributed by atoms with Gasteiger partial charge in [-0.1, -0.05) is 28.9 Å². The van der Waals surface area contributed by atoms with Crippen molar-refractivity contribution in [3.05, 3.63) is 54.6 Å². The molecule has 0 saturated carbocycles. The Morgan fingerprint density at radius 1 is 1.37 bits per heavy atom. The number of aromatic nitrogens is 2. The molecule has 0 aliphatic carbocycles. The van der Waals surface area contributed by atoms with Gasteiger partial charge in [0.1, 0.15) is 0 Å². The van der Waals surface area contributed by atoms with E-state index in [9.17, 15) is 14.7 Å². The van der Waals surface area contributed by atoms with Crippen LogP contribution >= 0.6 is 15.9 Å². The molecule has 5 nitrogen and oxygen atoms in total. The van der Waals surface area contributed by atoms with Gasteiger partial charge in [-0.15, -0.1) is 0 Å². The van der Waals surface area contributed by atoms with Gasteiger partial charge in [-0.25, -0.2) is 9.36 Å². The lowest BCUT2D eigenvalue weighted by Crippen LogP contribution is -2.31. The van der Waals surface area contributed by atoms with Crippen LogP contribution in [0.15, 0.2) is 32.3 Å². The Kier molecular flexibility index (Phi) is 3.61. The smallest absolute Gasteiger partial charge is 0.335 e. The molecule has 0 unspecified atom stereocenters. The summed E-state index contributed by atoms with van der Waals surface area (Å²) in [6.07, 6.45) is 0.342. The molecular weight excluding hydrogens is 312 g/mol. The van der Waals surface area contributed by atoms with E-state index in [0.29, 0.717) is 12.1 Å². The molecule has 0 spiro atoms. The minimum absolute atomic E-state index is 0.193. The van der Waals surface area contributed by atoms with Crippen molar-refractivity contribution in [1.29, 1.82) is 0 Å². The average Bonchev–Trinajstić information content (AvgIpc) is 2.34. The van der Waals surface area contributed by atoms with Crippen LogP contribution in [0.4, 0.5) is 0 Å². The Labute approximate surface area is 117 Å². The second kappa shape index (κ2) is 5.05. The molecule has 1 aromatic heterocycles. The number of nitrogens with one attached hydrogen (secondary N) is 1. The van der Waals surface area contributed by atoms with E-state index in [-0.39, 0.29) is 11.4 Å². The van der Waals surface area contributed by atoms with Gasteiger partial charge >= 0.3 is 5.69 Å². The van der Waals surface area contributed by atoms with Crippen molar-refractivity contribution >= 4 is 15.9 Å². The van der Waals surface area contributed by atoms with Gasteiger partial charge in [0.15, 0.2) is 0 Å². The van der Waals surface area contributed by atoms with E-state index in [1.54, 1.807) is 19.1 Å². The summed E-state index contributed by atoms with van der Waals surface area (Å²) >= 11 is 3.37. The van der Waals surface area contributed by atoms with Gasteiger partial charge in [-0.05, 0) is 31.0 Å². The number of rotatable bonds is 2. The molecule has 0 bridgehead atoms. The normalized spacial score (nSPS) is 10.7. The zero-order valence-electron chi connectivity index (χ0n) is 10.5. The molecule has 1 aromatic carbocycles. The van der Waals surface area contributed by atoms with E-state index >= 15 is 0 Å². The lowest BCUT2D eigenvalue weighted by Gasteiger charge is -2.13. The lowest BCUT2D eigenvalue weighted by molar-refractivity contribution is 0.423. The number of hydrogen-bond acceptors (Lipinski definition) is 3. The summed E-state index contributed by atoms with van der Waals surface area (Å²) in [7, 11) is 0. The minimum Gasteiger partial charge on any atom is -0.494 e. The van der Waals surface area contributed by atoms with Crippen LogP contribution < -0.4 is 11.2 Å². The maximum atomic E-state index is 11.9. The number of H-pyrrole nitrogens is 1. The SMILES string of the molecule is CCc1c(O)n(-c2cccc(Br)c2C)c(=O)[nH]c1=O. The van der Waals surface area contributed by atoms with E-state index < -0.39 is 11.2 Å². The molecular formula is C13H13BrN2O3. The van der Waals surface area contributed by atoms with E-state index in [2.05, 4.69) is 20.9 Å². The second-order valence-corrected chi connectivity index (χ2v) is 4.99. The summed E-state index contributed by atoms with van der Waals surface area (Å²) in [5.41, 5.74) is 0.325. The molecule has 0 amide bonds. The monoisotopic (exact) mass is 324 g/mol. The third kappa shape index (κ3) is 2.23. The number of benzene rings is 1. The van der Waals surface area contributed by atoms with E-state index in [0.717, 1.165) is 14.6 Å².